The maximum absolute atomic E-state index is 11.8. The maximum atomic E-state index is 11.8. The van der Waals surface area contributed by atoms with Gasteiger partial charge in [0.15, 0.2) is 0 Å². The zero-order chi connectivity index (χ0) is 17.5. The Morgan fingerprint density at radius 3 is 2.50 bits per heavy atom. The molecule has 6 nitrogen and oxygen atoms in total. The van der Waals surface area contributed by atoms with Crippen molar-refractivity contribution in [2.24, 2.45) is 0 Å². The highest BCUT2D eigenvalue weighted by Gasteiger charge is 2.23. The molecular weight excluding hydrogens is 378 g/mol. The van der Waals surface area contributed by atoms with E-state index in [1.165, 1.54) is 0 Å². The van der Waals surface area contributed by atoms with E-state index < -0.39 is 18.1 Å². The molecule has 0 aliphatic carbocycles. The van der Waals surface area contributed by atoms with E-state index in [9.17, 15) is 19.8 Å². The van der Waals surface area contributed by atoms with Crippen LogP contribution in [0, 0.1) is 0 Å². The van der Waals surface area contributed by atoms with Crippen molar-refractivity contribution in [1.29, 1.82) is 0 Å². The number of carbonyl (C=O) groups is 2. The quantitative estimate of drug-likeness (QED) is 0.700. The average molecular weight is 394 g/mol. The molecule has 7 heteroatoms. The molecule has 2 aromatic carbocycles. The number of aliphatic carboxylic acids is 1. The normalized spacial score (nSPS) is 11.5. The Morgan fingerprint density at radius 1 is 1.12 bits per heavy atom. The van der Waals surface area contributed by atoms with Crippen molar-refractivity contribution in [1.82, 2.24) is 5.32 Å². The van der Waals surface area contributed by atoms with E-state index in [0.29, 0.717) is 10.0 Å². The maximum Gasteiger partial charge on any atom is 0.408 e. The van der Waals surface area contributed by atoms with Gasteiger partial charge in [-0.25, -0.2) is 9.59 Å². The van der Waals surface area contributed by atoms with Gasteiger partial charge >= 0.3 is 12.1 Å². The van der Waals surface area contributed by atoms with Gasteiger partial charge in [-0.05, 0) is 33.1 Å². The summed E-state index contributed by atoms with van der Waals surface area (Å²) in [4.78, 5) is 23.2. The lowest BCUT2D eigenvalue weighted by molar-refractivity contribution is -0.139. The molecule has 0 saturated heterocycles. The number of phenolic OH excluding ortho intramolecular Hbond substituents is 1. The molecule has 126 valence electrons. The number of amides is 1. The van der Waals surface area contributed by atoms with Crippen LogP contribution in [0.25, 0.3) is 0 Å². The summed E-state index contributed by atoms with van der Waals surface area (Å²) in [5.41, 5.74) is 1.20. The van der Waals surface area contributed by atoms with Crippen molar-refractivity contribution >= 4 is 28.0 Å². The third kappa shape index (κ3) is 4.99. The molecule has 0 aromatic heterocycles. The second kappa shape index (κ2) is 8.35. The molecule has 0 bridgehead atoms. The highest BCUT2D eigenvalue weighted by molar-refractivity contribution is 9.10. The summed E-state index contributed by atoms with van der Waals surface area (Å²) in [6, 6.07) is 12.7. The highest BCUT2D eigenvalue weighted by Crippen LogP contribution is 2.28. The number of para-hydroxylation sites is 1. The largest absolute Gasteiger partial charge is 0.506 e. The summed E-state index contributed by atoms with van der Waals surface area (Å²) in [6.45, 7) is 0.0428. The van der Waals surface area contributed by atoms with Crippen LogP contribution in [-0.2, 0) is 22.6 Å². The molecular formula is C17H16BrNO5. The number of nitrogens with one attached hydrogen (secondary N) is 1. The molecule has 1 atom stereocenters. The van der Waals surface area contributed by atoms with Crippen LogP contribution in [0.5, 0.6) is 5.75 Å². The summed E-state index contributed by atoms with van der Waals surface area (Å²) >= 11 is 3.17. The Hall–Kier alpha value is -2.54. The summed E-state index contributed by atoms with van der Waals surface area (Å²) in [5.74, 6) is -1.27. The van der Waals surface area contributed by atoms with Crippen LogP contribution in [0.2, 0.25) is 0 Å². The Morgan fingerprint density at radius 2 is 1.83 bits per heavy atom. The topological polar surface area (TPSA) is 95.9 Å². The van der Waals surface area contributed by atoms with Gasteiger partial charge in [-0.1, -0.05) is 42.5 Å². The fourth-order valence-electron chi connectivity index (χ4n) is 2.05. The number of halogens is 1. The molecule has 1 unspecified atom stereocenters. The predicted molar refractivity (Wildman–Crippen MR) is 90.7 cm³/mol. The molecule has 2 rings (SSSR count). The number of ether oxygens (including phenoxy) is 1. The highest BCUT2D eigenvalue weighted by atomic mass is 79.9. The van der Waals surface area contributed by atoms with Crippen molar-refractivity contribution in [2.75, 3.05) is 0 Å². The molecule has 0 radical (unpaired) electrons. The molecule has 24 heavy (non-hydrogen) atoms. The number of carbonyl (C=O) groups excluding carboxylic acids is 1. The third-order valence-corrected chi connectivity index (χ3v) is 3.94. The Balaban J connectivity index is 1.96. The van der Waals surface area contributed by atoms with Gasteiger partial charge in [0.2, 0.25) is 0 Å². The second-order valence-corrected chi connectivity index (χ2v) is 5.90. The number of phenols is 1. The zero-order valence-corrected chi connectivity index (χ0v) is 14.2. The van der Waals surface area contributed by atoms with Crippen LogP contribution in [0.1, 0.15) is 11.1 Å². The van der Waals surface area contributed by atoms with Crippen LogP contribution >= 0.6 is 15.9 Å². The van der Waals surface area contributed by atoms with Gasteiger partial charge in [0, 0.05) is 6.42 Å². The lowest BCUT2D eigenvalue weighted by atomic mass is 10.1. The molecule has 0 fully saturated rings. The number of carboxylic acid groups (broad SMARTS) is 1. The van der Waals surface area contributed by atoms with Crippen molar-refractivity contribution < 1.29 is 24.5 Å². The molecule has 0 aliphatic heterocycles. The first kappa shape index (κ1) is 17.8. The fraction of sp³-hybridized carbons (Fsp3) is 0.176. The van der Waals surface area contributed by atoms with Crippen LogP contribution in [0.3, 0.4) is 0 Å². The minimum Gasteiger partial charge on any atom is -0.506 e. The second-order valence-electron chi connectivity index (χ2n) is 5.05. The number of hydrogen-bond acceptors (Lipinski definition) is 4. The van der Waals surface area contributed by atoms with E-state index in [-0.39, 0.29) is 18.8 Å². The van der Waals surface area contributed by atoms with Gasteiger partial charge < -0.3 is 20.3 Å². The van der Waals surface area contributed by atoms with Crippen LogP contribution in [0.4, 0.5) is 4.79 Å². The molecule has 0 spiro atoms. The van der Waals surface area contributed by atoms with Crippen molar-refractivity contribution in [2.45, 2.75) is 19.1 Å². The van der Waals surface area contributed by atoms with E-state index in [2.05, 4.69) is 21.2 Å². The molecule has 1 amide bonds. The molecule has 0 aliphatic rings. The summed E-state index contributed by atoms with van der Waals surface area (Å²) < 4.78 is 5.47. The minimum atomic E-state index is -1.22. The zero-order valence-electron chi connectivity index (χ0n) is 12.6. The van der Waals surface area contributed by atoms with Gasteiger partial charge in [-0.2, -0.15) is 0 Å². The summed E-state index contributed by atoms with van der Waals surface area (Å²) in [6.07, 6.45) is -0.901. The van der Waals surface area contributed by atoms with E-state index in [1.54, 1.807) is 30.3 Å². The van der Waals surface area contributed by atoms with E-state index in [0.717, 1.165) is 5.56 Å². The van der Waals surface area contributed by atoms with Crippen molar-refractivity contribution in [3.8, 4) is 5.75 Å². The standard InChI is InChI=1S/C17H16BrNO5/c18-13-8-4-7-12(15(13)20)9-14(16(21)22)19-17(23)24-10-11-5-2-1-3-6-11/h1-8,14,20H,9-10H2,(H,19,23)(H,21,22). The van der Waals surface area contributed by atoms with Gasteiger partial charge in [-0.15, -0.1) is 0 Å². The molecule has 3 N–H and O–H groups in total. The summed E-state index contributed by atoms with van der Waals surface area (Å²) in [7, 11) is 0. The van der Waals surface area contributed by atoms with E-state index in [1.807, 2.05) is 18.2 Å². The van der Waals surface area contributed by atoms with Crippen molar-refractivity contribution in [3.63, 3.8) is 0 Å². The van der Waals surface area contributed by atoms with Gasteiger partial charge in [0.05, 0.1) is 4.47 Å². The molecule has 0 heterocycles. The van der Waals surface area contributed by atoms with E-state index in [4.69, 9.17) is 4.74 Å². The van der Waals surface area contributed by atoms with Crippen LogP contribution < -0.4 is 5.32 Å². The van der Waals surface area contributed by atoms with Crippen LogP contribution in [0.15, 0.2) is 53.0 Å². The van der Waals surface area contributed by atoms with E-state index >= 15 is 0 Å². The monoisotopic (exact) mass is 393 g/mol. The van der Waals surface area contributed by atoms with Crippen molar-refractivity contribution in [3.05, 3.63) is 64.1 Å². The first-order valence-electron chi connectivity index (χ1n) is 7.13. The lowest BCUT2D eigenvalue weighted by Gasteiger charge is -2.15. The number of alkyl carbamates (subject to hydrolysis) is 1. The Labute approximate surface area is 147 Å². The number of hydrogen-bond donors (Lipinski definition) is 3. The molecule has 2 aromatic rings. The molecule has 0 saturated carbocycles. The Kier molecular flexibility index (Phi) is 6.20. The number of aromatic hydroxyl groups is 1. The number of rotatable bonds is 6. The SMILES string of the molecule is O=C(NC(Cc1cccc(Br)c1O)C(=O)O)OCc1ccccc1. The van der Waals surface area contributed by atoms with Gasteiger partial charge in [0.1, 0.15) is 18.4 Å². The minimum absolute atomic E-state index is 0.0428. The lowest BCUT2D eigenvalue weighted by Crippen LogP contribution is -2.42. The summed E-state index contributed by atoms with van der Waals surface area (Å²) in [5, 5.41) is 21.5. The third-order valence-electron chi connectivity index (χ3n) is 3.30. The smallest absolute Gasteiger partial charge is 0.408 e. The van der Waals surface area contributed by atoms with Crippen LogP contribution in [-0.4, -0.2) is 28.3 Å². The van der Waals surface area contributed by atoms with Gasteiger partial charge in [-0.3, -0.25) is 0 Å². The fourth-order valence-corrected chi connectivity index (χ4v) is 2.46. The first-order valence-corrected chi connectivity index (χ1v) is 7.93. The predicted octanol–water partition coefficient (Wildman–Crippen LogP) is 3.08. The average Bonchev–Trinajstić information content (AvgIpc) is 2.57. The first-order chi connectivity index (χ1) is 11.5. The number of benzene rings is 2. The van der Waals surface area contributed by atoms with Gasteiger partial charge in [0.25, 0.3) is 0 Å². The Bertz CT molecular complexity index is 720. The number of carboxylic acids is 1.